The van der Waals surface area contributed by atoms with Crippen LogP contribution in [0.15, 0.2) is 6.07 Å². The summed E-state index contributed by atoms with van der Waals surface area (Å²) in [5.74, 6) is -0.652. The van der Waals surface area contributed by atoms with Crippen molar-refractivity contribution in [2.45, 2.75) is 45.4 Å². The van der Waals surface area contributed by atoms with Crippen LogP contribution in [0.1, 0.15) is 42.0 Å². The van der Waals surface area contributed by atoms with Crippen molar-refractivity contribution < 1.29 is 18.0 Å². The van der Waals surface area contributed by atoms with E-state index in [-0.39, 0.29) is 69.6 Å². The minimum absolute atomic E-state index is 0. The van der Waals surface area contributed by atoms with E-state index in [0.29, 0.717) is 0 Å². The maximum atomic E-state index is 12.2. The Balaban J connectivity index is 0.00000243. The van der Waals surface area contributed by atoms with E-state index in [0.717, 1.165) is 55.3 Å². The van der Waals surface area contributed by atoms with Gasteiger partial charge in [-0.25, -0.2) is 17.9 Å². The zero-order valence-corrected chi connectivity index (χ0v) is 19.2. The van der Waals surface area contributed by atoms with E-state index in [1.54, 1.807) is 0 Å². The Morgan fingerprint density at radius 3 is 2.15 bits per heavy atom. The van der Waals surface area contributed by atoms with Crippen LogP contribution in [0, 0.1) is 0 Å². The van der Waals surface area contributed by atoms with E-state index in [9.17, 15) is 18.0 Å². The van der Waals surface area contributed by atoms with Crippen LogP contribution in [0.3, 0.4) is 0 Å². The van der Waals surface area contributed by atoms with Crippen molar-refractivity contribution in [3.05, 3.63) is 28.3 Å². The molecule has 3 rings (SSSR count). The largest absolute Gasteiger partial charge is 0.355 e. The van der Waals surface area contributed by atoms with Crippen LogP contribution in [-0.4, -0.2) is 84.0 Å². The molecule has 0 heterocycles. The quantitative estimate of drug-likeness (QED) is 0.634. The van der Waals surface area contributed by atoms with Gasteiger partial charge in [0.2, 0.25) is 15.9 Å². The van der Waals surface area contributed by atoms with E-state index >= 15 is 0 Å². The summed E-state index contributed by atoms with van der Waals surface area (Å²) in [7, 11) is -3.80. The summed E-state index contributed by atoms with van der Waals surface area (Å²) in [5.41, 5.74) is 5.63. The molecule has 0 saturated heterocycles. The SMILES string of the molecule is CC(=O)NCCS(=O)(=O)NC(=O)Nc1c2c(cc3c1CCC3)CCC2.[K]. The van der Waals surface area contributed by atoms with Gasteiger partial charge in [-0.3, -0.25) is 4.79 Å². The number of amides is 3. The molecule has 2 aliphatic carbocycles. The van der Waals surface area contributed by atoms with Crippen molar-refractivity contribution in [2.24, 2.45) is 0 Å². The maximum absolute atomic E-state index is 12.2. The molecule has 9 heteroatoms. The smallest absolute Gasteiger partial charge is 0.332 e. The number of rotatable bonds is 5. The molecule has 0 aromatic heterocycles. The molecular weight excluding hydrogens is 381 g/mol. The third kappa shape index (κ3) is 5.29. The summed E-state index contributed by atoms with van der Waals surface area (Å²) in [6.45, 7) is 1.28. The zero-order chi connectivity index (χ0) is 18.0. The molecule has 1 aromatic carbocycles. The number of hydrogen-bond donors (Lipinski definition) is 3. The number of anilines is 1. The molecule has 137 valence electrons. The van der Waals surface area contributed by atoms with E-state index < -0.39 is 16.1 Å². The fourth-order valence-electron chi connectivity index (χ4n) is 3.66. The molecule has 7 nitrogen and oxygen atoms in total. The molecule has 0 atom stereocenters. The summed E-state index contributed by atoms with van der Waals surface area (Å²) in [6.07, 6.45) is 5.95. The molecule has 0 bridgehead atoms. The van der Waals surface area contributed by atoms with E-state index in [4.69, 9.17) is 0 Å². The minimum Gasteiger partial charge on any atom is -0.355 e. The van der Waals surface area contributed by atoms with E-state index in [1.165, 1.54) is 18.1 Å². The number of nitrogens with one attached hydrogen (secondary N) is 3. The van der Waals surface area contributed by atoms with Gasteiger partial charge >= 0.3 is 6.03 Å². The van der Waals surface area contributed by atoms with Crippen molar-refractivity contribution in [1.29, 1.82) is 0 Å². The molecule has 0 unspecified atom stereocenters. The van der Waals surface area contributed by atoms with Crippen molar-refractivity contribution in [3.63, 3.8) is 0 Å². The third-order valence-electron chi connectivity index (χ3n) is 4.70. The second kappa shape index (κ2) is 9.16. The molecule has 0 saturated carbocycles. The monoisotopic (exact) mass is 404 g/mol. The van der Waals surface area contributed by atoms with Crippen LogP contribution in [-0.2, 0) is 40.5 Å². The average molecular weight is 405 g/mol. The second-order valence-corrected chi connectivity index (χ2v) is 8.43. The van der Waals surface area contributed by atoms with Gasteiger partial charge in [0.25, 0.3) is 0 Å². The molecule has 1 aromatic rings. The number of carbonyl (C=O) groups excluding carboxylic acids is 2. The van der Waals surface area contributed by atoms with Crippen LogP contribution in [0.2, 0.25) is 0 Å². The third-order valence-corrected chi connectivity index (χ3v) is 5.94. The van der Waals surface area contributed by atoms with Gasteiger partial charge in [-0.2, -0.15) is 0 Å². The molecule has 3 N–H and O–H groups in total. The summed E-state index contributed by atoms with van der Waals surface area (Å²) in [6, 6.07) is 1.51. The van der Waals surface area contributed by atoms with Crippen molar-refractivity contribution >= 4 is 79.0 Å². The minimum atomic E-state index is -3.80. The Bertz CT molecular complexity index is 792. The first-order valence-corrected chi connectivity index (χ1v) is 10.2. The molecule has 0 fully saturated rings. The number of sulfonamides is 1. The van der Waals surface area contributed by atoms with E-state index in [1.807, 2.05) is 4.72 Å². The van der Waals surface area contributed by atoms with Gasteiger partial charge in [0.05, 0.1) is 5.75 Å². The number of carbonyl (C=O) groups is 2. The first-order valence-electron chi connectivity index (χ1n) is 8.58. The Kier molecular flexibility index (Phi) is 7.69. The molecular formula is C17H23KN3O4S. The van der Waals surface area contributed by atoms with Gasteiger partial charge in [-0.05, 0) is 60.8 Å². The van der Waals surface area contributed by atoms with Crippen LogP contribution >= 0.6 is 0 Å². The Morgan fingerprint density at radius 1 is 1.04 bits per heavy atom. The topological polar surface area (TPSA) is 104 Å². The molecule has 0 spiro atoms. The van der Waals surface area contributed by atoms with Crippen LogP contribution < -0.4 is 15.4 Å². The Labute approximate surface area is 196 Å². The number of hydrogen-bond acceptors (Lipinski definition) is 4. The summed E-state index contributed by atoms with van der Waals surface area (Å²) < 4.78 is 25.9. The first-order chi connectivity index (χ1) is 11.9. The first kappa shape index (κ1) is 21.8. The van der Waals surface area contributed by atoms with Gasteiger partial charge in [0, 0.05) is 70.5 Å². The van der Waals surface area contributed by atoms with Crippen LogP contribution in [0.4, 0.5) is 10.5 Å². The average Bonchev–Trinajstić information content (AvgIpc) is 3.14. The molecule has 3 amide bonds. The predicted molar refractivity (Wildman–Crippen MR) is 101 cm³/mol. The number of benzene rings is 1. The summed E-state index contributed by atoms with van der Waals surface area (Å²) in [4.78, 5) is 23.0. The molecule has 0 aliphatic heterocycles. The van der Waals surface area contributed by atoms with Gasteiger partial charge in [0.15, 0.2) is 0 Å². The summed E-state index contributed by atoms with van der Waals surface area (Å²) in [5, 5.41) is 5.18. The van der Waals surface area contributed by atoms with Crippen LogP contribution in [0.5, 0.6) is 0 Å². The fraction of sp³-hybridized carbons (Fsp3) is 0.529. The van der Waals surface area contributed by atoms with Gasteiger partial charge in [0.1, 0.15) is 0 Å². The normalized spacial score (nSPS) is 14.8. The predicted octanol–water partition coefficient (Wildman–Crippen LogP) is 0.871. The van der Waals surface area contributed by atoms with Crippen LogP contribution in [0.25, 0.3) is 0 Å². The molecule has 1 radical (unpaired) electrons. The Hall–Kier alpha value is -0.454. The van der Waals surface area contributed by atoms with Gasteiger partial charge in [-0.15, -0.1) is 0 Å². The van der Waals surface area contributed by atoms with Crippen molar-refractivity contribution in [3.8, 4) is 0 Å². The Morgan fingerprint density at radius 2 is 1.62 bits per heavy atom. The molecule has 26 heavy (non-hydrogen) atoms. The number of fused-ring (bicyclic) bond motifs is 2. The second-order valence-electron chi connectivity index (χ2n) is 6.59. The standard InChI is InChI=1S/C17H23N3O4S.K/c1-11(21)18-8-9-25(23,24)20-17(22)19-16-14-6-2-4-12(14)10-13-5-3-7-15(13)16;/h10H,2-9H2,1H3,(H,18,21)(H2,19,20,22);. The van der Waals surface area contributed by atoms with Crippen molar-refractivity contribution in [1.82, 2.24) is 10.0 Å². The van der Waals surface area contributed by atoms with E-state index in [2.05, 4.69) is 16.7 Å². The molecule has 2 aliphatic rings. The number of aryl methyl sites for hydroxylation is 2. The number of urea groups is 1. The van der Waals surface area contributed by atoms with Gasteiger partial charge < -0.3 is 10.6 Å². The fourth-order valence-corrected chi connectivity index (χ4v) is 4.47. The zero-order valence-electron chi connectivity index (χ0n) is 15.3. The summed E-state index contributed by atoms with van der Waals surface area (Å²) >= 11 is 0. The van der Waals surface area contributed by atoms with Gasteiger partial charge in [-0.1, -0.05) is 6.07 Å². The maximum Gasteiger partial charge on any atom is 0.332 e. The van der Waals surface area contributed by atoms with Crippen molar-refractivity contribution in [2.75, 3.05) is 17.6 Å².